The zero-order valence-electron chi connectivity index (χ0n) is 28.5. The Hall–Kier alpha value is -4.13. The smallest absolute Gasteiger partial charge is 0.416 e. The largest absolute Gasteiger partial charge is 0.490 e. The molecule has 9 nitrogen and oxygen atoms in total. The van der Waals surface area contributed by atoms with Crippen LogP contribution in [0.1, 0.15) is 61.5 Å². The van der Waals surface area contributed by atoms with Crippen molar-refractivity contribution in [2.45, 2.75) is 71.0 Å². The molecule has 49 heavy (non-hydrogen) atoms. The van der Waals surface area contributed by atoms with Crippen LogP contribution in [0.4, 0.5) is 29.3 Å². The van der Waals surface area contributed by atoms with Gasteiger partial charge in [0.15, 0.2) is 0 Å². The van der Waals surface area contributed by atoms with Gasteiger partial charge >= 0.3 is 12.2 Å². The minimum Gasteiger partial charge on any atom is -0.490 e. The molecule has 0 unspecified atom stereocenters. The van der Waals surface area contributed by atoms with Crippen molar-refractivity contribution in [3.63, 3.8) is 0 Å². The first kappa shape index (κ1) is 37.7. The predicted molar refractivity (Wildman–Crippen MR) is 184 cm³/mol. The summed E-state index contributed by atoms with van der Waals surface area (Å²) >= 11 is 0. The van der Waals surface area contributed by atoms with Crippen LogP contribution in [0.15, 0.2) is 72.8 Å². The number of benzene rings is 3. The molecule has 266 valence electrons. The van der Waals surface area contributed by atoms with Gasteiger partial charge in [0.2, 0.25) is 0 Å². The molecule has 3 aromatic rings. The molecule has 3 amide bonds. The van der Waals surface area contributed by atoms with Crippen LogP contribution in [-0.2, 0) is 17.5 Å². The number of amides is 3. The van der Waals surface area contributed by atoms with E-state index >= 15 is 0 Å². The van der Waals surface area contributed by atoms with Crippen molar-refractivity contribution >= 4 is 23.3 Å². The first-order valence-corrected chi connectivity index (χ1v) is 16.7. The highest BCUT2D eigenvalue weighted by molar-refractivity contribution is 6.02. The van der Waals surface area contributed by atoms with Crippen molar-refractivity contribution < 1.29 is 37.3 Å². The molecule has 1 heterocycles. The Bertz CT molecular complexity index is 1510. The Balaban J connectivity index is 1.56. The number of anilines is 2. The second-order valence-electron chi connectivity index (χ2n) is 12.8. The summed E-state index contributed by atoms with van der Waals surface area (Å²) in [5.74, 6) is -0.163. The minimum absolute atomic E-state index is 0.183. The van der Waals surface area contributed by atoms with Gasteiger partial charge in [-0.25, -0.2) is 4.79 Å². The first-order valence-electron chi connectivity index (χ1n) is 16.7. The van der Waals surface area contributed by atoms with Crippen LogP contribution in [0, 0.1) is 5.92 Å². The molecule has 0 saturated carbocycles. The van der Waals surface area contributed by atoms with Gasteiger partial charge in [-0.05, 0) is 88.2 Å². The zero-order chi connectivity index (χ0) is 35.6. The number of fused-ring (bicyclic) bond motifs is 1. The fourth-order valence-corrected chi connectivity index (χ4v) is 5.76. The molecule has 0 radical (unpaired) electrons. The molecule has 12 heteroatoms. The van der Waals surface area contributed by atoms with E-state index in [9.17, 15) is 27.9 Å². The molecule has 3 N–H and O–H groups in total. The summed E-state index contributed by atoms with van der Waals surface area (Å²) in [5, 5.41) is 15.8. The Morgan fingerprint density at radius 1 is 1.02 bits per heavy atom. The summed E-state index contributed by atoms with van der Waals surface area (Å²) < 4.78 is 51.8. The van der Waals surface area contributed by atoms with Gasteiger partial charge in [0, 0.05) is 43.5 Å². The number of carbonyl (C=O) groups excluding carboxylic acids is 2. The highest BCUT2D eigenvalue weighted by Gasteiger charge is 2.32. The molecule has 1 aliphatic rings. The molecule has 4 atom stereocenters. The molecule has 3 aromatic carbocycles. The summed E-state index contributed by atoms with van der Waals surface area (Å²) in [6.45, 7) is 7.04. The van der Waals surface area contributed by atoms with Crippen molar-refractivity contribution in [3.05, 3.63) is 89.5 Å². The maximum Gasteiger partial charge on any atom is 0.416 e. The van der Waals surface area contributed by atoms with Gasteiger partial charge in [-0.2, -0.15) is 13.2 Å². The Morgan fingerprint density at radius 3 is 2.39 bits per heavy atom. The second kappa shape index (κ2) is 17.5. The van der Waals surface area contributed by atoms with E-state index in [4.69, 9.17) is 9.47 Å². The van der Waals surface area contributed by atoms with E-state index in [1.165, 1.54) is 12.1 Å². The maximum absolute atomic E-state index is 14.3. The van der Waals surface area contributed by atoms with Crippen molar-refractivity contribution in [2.24, 2.45) is 5.92 Å². The lowest BCUT2D eigenvalue weighted by molar-refractivity contribution is -0.137. The lowest BCUT2D eigenvalue weighted by atomic mass is 10.0. The van der Waals surface area contributed by atoms with Gasteiger partial charge < -0.3 is 30.1 Å². The highest BCUT2D eigenvalue weighted by atomic mass is 19.4. The van der Waals surface area contributed by atoms with Crippen molar-refractivity contribution in [2.75, 3.05) is 44.0 Å². The third-order valence-electron chi connectivity index (χ3n) is 8.57. The van der Waals surface area contributed by atoms with Gasteiger partial charge in [0.05, 0.1) is 36.0 Å². The fraction of sp³-hybridized carbons (Fsp3) is 0.459. The maximum atomic E-state index is 14.3. The minimum atomic E-state index is -4.40. The van der Waals surface area contributed by atoms with E-state index in [1.54, 1.807) is 42.2 Å². The standard InChI is InChI=1S/C37H47F3N4O5/c1-25-21-44(26(2)24-45)35(46)32-20-31(42-36(47)41-30-11-6-5-7-12-30)17-18-33(32)49-27(3)10-8-9-19-48-34(25)23-43(4)22-28-13-15-29(16-14-28)37(38,39)40/h5-7,11-18,20,25-27,34,45H,8-10,19,21-24H2,1-4H3,(H2,41,42,47)/t25-,26-,27-,34+/m0/s1. The molecule has 0 aromatic heterocycles. The van der Waals surface area contributed by atoms with Crippen molar-refractivity contribution in [1.29, 1.82) is 0 Å². The number of hydrogen-bond donors (Lipinski definition) is 3. The predicted octanol–water partition coefficient (Wildman–Crippen LogP) is 7.28. The zero-order valence-corrected chi connectivity index (χ0v) is 28.5. The van der Waals surface area contributed by atoms with Crippen molar-refractivity contribution in [1.82, 2.24) is 9.80 Å². The number of aliphatic hydroxyl groups excluding tert-OH is 1. The average Bonchev–Trinajstić information content (AvgIpc) is 3.06. The Labute approximate surface area is 286 Å². The number of likely N-dealkylation sites (N-methyl/N-ethyl adjacent to an activating group) is 1. The van der Waals surface area contributed by atoms with E-state index in [0.717, 1.165) is 37.0 Å². The van der Waals surface area contributed by atoms with E-state index in [-0.39, 0.29) is 42.7 Å². The van der Waals surface area contributed by atoms with E-state index in [2.05, 4.69) is 10.6 Å². The molecular weight excluding hydrogens is 637 g/mol. The molecular formula is C37H47F3N4O5. The van der Waals surface area contributed by atoms with Crippen LogP contribution in [-0.4, -0.2) is 78.4 Å². The van der Waals surface area contributed by atoms with Crippen LogP contribution in [0.5, 0.6) is 5.75 Å². The highest BCUT2D eigenvalue weighted by Crippen LogP contribution is 2.30. The number of ether oxygens (including phenoxy) is 2. The fourth-order valence-electron chi connectivity index (χ4n) is 5.76. The van der Waals surface area contributed by atoms with Crippen molar-refractivity contribution in [3.8, 4) is 5.75 Å². The third-order valence-corrected chi connectivity index (χ3v) is 8.57. The van der Waals surface area contributed by atoms with Crippen LogP contribution >= 0.6 is 0 Å². The molecule has 1 aliphatic heterocycles. The molecule has 0 fully saturated rings. The molecule has 0 bridgehead atoms. The second-order valence-corrected chi connectivity index (χ2v) is 12.8. The number of carbonyl (C=O) groups is 2. The number of halogens is 3. The number of para-hydroxylation sites is 1. The van der Waals surface area contributed by atoms with E-state index in [1.807, 2.05) is 44.0 Å². The monoisotopic (exact) mass is 684 g/mol. The van der Waals surface area contributed by atoms with Crippen LogP contribution in [0.2, 0.25) is 0 Å². The number of nitrogens with zero attached hydrogens (tertiary/aromatic N) is 2. The van der Waals surface area contributed by atoms with Crippen LogP contribution < -0.4 is 15.4 Å². The summed E-state index contributed by atoms with van der Waals surface area (Å²) in [4.78, 5) is 30.7. The lowest BCUT2D eigenvalue weighted by Crippen LogP contribution is -2.47. The average molecular weight is 685 g/mol. The summed E-state index contributed by atoms with van der Waals surface area (Å²) in [7, 11) is 1.89. The lowest BCUT2D eigenvalue weighted by Gasteiger charge is -2.36. The van der Waals surface area contributed by atoms with Gasteiger partial charge in [0.1, 0.15) is 5.75 Å². The topological polar surface area (TPSA) is 103 Å². The summed E-state index contributed by atoms with van der Waals surface area (Å²) in [5.41, 5.74) is 1.32. The van der Waals surface area contributed by atoms with Gasteiger partial charge in [0.25, 0.3) is 5.91 Å². The van der Waals surface area contributed by atoms with E-state index in [0.29, 0.717) is 36.8 Å². The Kier molecular flexibility index (Phi) is 13.5. The van der Waals surface area contributed by atoms with Crippen LogP contribution in [0.25, 0.3) is 0 Å². The number of hydrogen-bond acceptors (Lipinski definition) is 6. The summed E-state index contributed by atoms with van der Waals surface area (Å²) in [6.07, 6.45) is -2.56. The molecule has 0 saturated heterocycles. The molecule has 0 spiro atoms. The quantitative estimate of drug-likeness (QED) is 0.231. The number of rotatable bonds is 8. The van der Waals surface area contributed by atoms with Gasteiger partial charge in [-0.3, -0.25) is 9.69 Å². The molecule has 4 rings (SSSR count). The first-order chi connectivity index (χ1) is 23.3. The summed E-state index contributed by atoms with van der Waals surface area (Å²) in [6, 6.07) is 18.1. The van der Waals surface area contributed by atoms with Gasteiger partial charge in [-0.1, -0.05) is 37.3 Å². The number of alkyl halides is 3. The number of nitrogens with one attached hydrogen (secondary N) is 2. The van der Waals surface area contributed by atoms with Crippen LogP contribution in [0.3, 0.4) is 0 Å². The third kappa shape index (κ3) is 11.2. The number of urea groups is 1. The number of aliphatic hydroxyl groups is 1. The van der Waals surface area contributed by atoms with E-state index < -0.39 is 23.8 Å². The Morgan fingerprint density at radius 2 is 1.71 bits per heavy atom. The van der Waals surface area contributed by atoms with Gasteiger partial charge in [-0.15, -0.1) is 0 Å². The SMILES string of the molecule is C[C@H]1CCCCO[C@H](CN(C)Cc2ccc(C(F)(F)F)cc2)[C@@H](C)CN([C@@H](C)CO)C(=O)c2cc(NC(=O)Nc3ccccc3)ccc2O1. The normalized spacial score (nSPS) is 20.1. The molecule has 0 aliphatic carbocycles.